The van der Waals surface area contributed by atoms with Crippen LogP contribution in [0.15, 0.2) is 58.3 Å². The minimum atomic E-state index is 0.738. The number of hydrogen-bond acceptors (Lipinski definition) is 5. The third-order valence-electron chi connectivity index (χ3n) is 3.46. The van der Waals surface area contributed by atoms with Crippen LogP contribution in [0.25, 0.3) is 0 Å². The second-order valence-electron chi connectivity index (χ2n) is 5.50. The van der Waals surface area contributed by atoms with E-state index in [4.69, 9.17) is 0 Å². The van der Waals surface area contributed by atoms with Crippen molar-refractivity contribution >= 4 is 11.4 Å². The van der Waals surface area contributed by atoms with Gasteiger partial charge in [0.15, 0.2) is 11.9 Å². The molecule has 0 bridgehead atoms. The molecule has 9 nitrogen and oxygen atoms in total. The number of imidazole rings is 1. The van der Waals surface area contributed by atoms with Gasteiger partial charge in [-0.2, -0.15) is 0 Å². The summed E-state index contributed by atoms with van der Waals surface area (Å²) < 4.78 is 5.55. The Bertz CT molecular complexity index is 902. The summed E-state index contributed by atoms with van der Waals surface area (Å²) >= 11 is 0. The molecule has 0 fully saturated rings. The summed E-state index contributed by atoms with van der Waals surface area (Å²) in [6, 6.07) is 7.53. The zero-order valence-electron chi connectivity index (χ0n) is 14.1. The molecular formula is C15H20N9+. The Kier molecular flexibility index (Phi) is 4.23. The highest BCUT2D eigenvalue weighted by Gasteiger charge is 2.07. The molecule has 2 aromatic heterocycles. The van der Waals surface area contributed by atoms with Crippen LogP contribution >= 0.6 is 0 Å². The Morgan fingerprint density at radius 2 is 1.75 bits per heavy atom. The van der Waals surface area contributed by atoms with Crippen molar-refractivity contribution in [1.82, 2.24) is 19.1 Å². The van der Waals surface area contributed by atoms with Crippen molar-refractivity contribution in [3.8, 4) is 0 Å². The van der Waals surface area contributed by atoms with Crippen LogP contribution in [0, 0.1) is 6.92 Å². The molecular weight excluding hydrogens is 306 g/mol. The fraction of sp³-hybridized carbons (Fsp3) is 0.267. The first kappa shape index (κ1) is 15.7. The van der Waals surface area contributed by atoms with Gasteiger partial charge in [0.1, 0.15) is 12.3 Å². The van der Waals surface area contributed by atoms with Crippen LogP contribution in [-0.4, -0.2) is 19.1 Å². The molecule has 1 N–H and O–H groups in total. The first-order valence-electron chi connectivity index (χ1n) is 7.45. The monoisotopic (exact) mass is 326 g/mol. The molecule has 0 spiro atoms. The summed E-state index contributed by atoms with van der Waals surface area (Å²) in [7, 11) is 5.73. The number of hydrogen-bond donors (Lipinski definition) is 1. The summed E-state index contributed by atoms with van der Waals surface area (Å²) in [5.74, 6) is 0. The maximum Gasteiger partial charge on any atom is 0.226 e. The number of nitrogens with one attached hydrogen (secondary N) is 1. The van der Waals surface area contributed by atoms with E-state index < -0.39 is 0 Å². The highest BCUT2D eigenvalue weighted by molar-refractivity contribution is 5.50. The fourth-order valence-corrected chi connectivity index (χ4v) is 2.19. The first-order valence-corrected chi connectivity index (χ1v) is 7.45. The summed E-state index contributed by atoms with van der Waals surface area (Å²) in [5.41, 5.74) is 6.37. The minimum absolute atomic E-state index is 0.738. The lowest BCUT2D eigenvalue weighted by Gasteiger charge is -2.00. The predicted molar refractivity (Wildman–Crippen MR) is 88.1 cm³/mol. The van der Waals surface area contributed by atoms with Gasteiger partial charge in [-0.3, -0.25) is 5.43 Å². The molecule has 0 amide bonds. The summed E-state index contributed by atoms with van der Waals surface area (Å²) in [6.45, 7) is 1.92. The van der Waals surface area contributed by atoms with E-state index in [0.29, 0.717) is 0 Å². The molecule has 0 radical (unpaired) electrons. The van der Waals surface area contributed by atoms with Crippen molar-refractivity contribution in [2.45, 2.75) is 6.92 Å². The van der Waals surface area contributed by atoms with Gasteiger partial charge in [0.05, 0.1) is 16.6 Å². The second kappa shape index (κ2) is 6.49. The Labute approximate surface area is 139 Å². The molecule has 0 atom stereocenters. The fourth-order valence-electron chi connectivity index (χ4n) is 2.19. The van der Waals surface area contributed by atoms with Gasteiger partial charge in [-0.15, -0.1) is 14.9 Å². The van der Waals surface area contributed by atoms with Crippen molar-refractivity contribution < 1.29 is 4.68 Å². The lowest BCUT2D eigenvalue weighted by molar-refractivity contribution is -0.732. The molecule has 9 heteroatoms. The van der Waals surface area contributed by atoms with Crippen molar-refractivity contribution in [3.05, 3.63) is 54.2 Å². The highest BCUT2D eigenvalue weighted by Crippen LogP contribution is 2.16. The van der Waals surface area contributed by atoms with Crippen molar-refractivity contribution in [2.75, 3.05) is 5.43 Å². The van der Waals surface area contributed by atoms with E-state index in [0.717, 1.165) is 22.7 Å². The second-order valence-corrected chi connectivity index (χ2v) is 5.50. The number of aromatic nitrogens is 5. The molecule has 24 heavy (non-hydrogen) atoms. The normalized spacial score (nSPS) is 11.2. The van der Waals surface area contributed by atoms with Crippen LogP contribution in [0.3, 0.4) is 0 Å². The molecule has 0 aliphatic carbocycles. The SMILES string of the molecule is Cc1c[n+](C)nn1N=Nc1ccc(NN=c2n(C)ccn2C)cc1. The van der Waals surface area contributed by atoms with Gasteiger partial charge >= 0.3 is 0 Å². The van der Waals surface area contributed by atoms with Crippen LogP contribution in [0.1, 0.15) is 5.69 Å². The molecule has 3 aromatic rings. The van der Waals surface area contributed by atoms with E-state index in [-0.39, 0.29) is 0 Å². The van der Waals surface area contributed by atoms with Gasteiger partial charge in [0.25, 0.3) is 0 Å². The standard InChI is InChI=1S/C15H20N9/c1-12-11-23(4)20-24(12)19-17-14-7-5-13(6-8-14)16-18-15-21(2)9-10-22(15)3/h5-11,16H,1-4H3/q+1. The topological polar surface area (TPSA) is 80.7 Å². The van der Waals surface area contributed by atoms with E-state index in [2.05, 4.69) is 26.1 Å². The predicted octanol–water partition coefficient (Wildman–Crippen LogP) is 1.17. The van der Waals surface area contributed by atoms with Crippen molar-refractivity contribution in [1.29, 1.82) is 0 Å². The average molecular weight is 326 g/mol. The quantitative estimate of drug-likeness (QED) is 0.444. The highest BCUT2D eigenvalue weighted by atomic mass is 15.7. The average Bonchev–Trinajstić information content (AvgIpc) is 3.06. The molecule has 124 valence electrons. The van der Waals surface area contributed by atoms with Crippen LogP contribution < -0.4 is 15.7 Å². The van der Waals surface area contributed by atoms with Gasteiger partial charge < -0.3 is 9.13 Å². The molecule has 1 aromatic carbocycles. The Morgan fingerprint density at radius 3 is 2.33 bits per heavy atom. The maximum atomic E-state index is 4.38. The third kappa shape index (κ3) is 3.40. The lowest BCUT2D eigenvalue weighted by Crippen LogP contribution is -2.29. The molecule has 0 saturated heterocycles. The maximum absolute atomic E-state index is 4.38. The molecule has 0 aliphatic heterocycles. The first-order chi connectivity index (χ1) is 11.5. The van der Waals surface area contributed by atoms with Crippen molar-refractivity contribution in [2.24, 2.45) is 36.6 Å². The lowest BCUT2D eigenvalue weighted by atomic mass is 10.3. The van der Waals surface area contributed by atoms with E-state index in [9.17, 15) is 0 Å². The summed E-state index contributed by atoms with van der Waals surface area (Å²) in [6.07, 6.45) is 5.76. The van der Waals surface area contributed by atoms with Gasteiger partial charge in [-0.05, 0) is 24.3 Å². The van der Waals surface area contributed by atoms with E-state index in [1.807, 2.05) is 80.1 Å². The number of rotatable bonds is 4. The van der Waals surface area contributed by atoms with Crippen molar-refractivity contribution in [3.63, 3.8) is 0 Å². The molecule has 0 aliphatic rings. The summed E-state index contributed by atoms with van der Waals surface area (Å²) in [4.78, 5) is 1.48. The Hall–Kier alpha value is -3.23. The van der Waals surface area contributed by atoms with Crippen LogP contribution in [0.2, 0.25) is 0 Å². The Balaban J connectivity index is 1.72. The number of anilines is 1. The van der Waals surface area contributed by atoms with Crippen LogP contribution in [-0.2, 0) is 21.1 Å². The zero-order valence-corrected chi connectivity index (χ0v) is 14.1. The number of nitrogens with zero attached hydrogens (tertiary/aromatic N) is 8. The molecule has 2 heterocycles. The van der Waals surface area contributed by atoms with Crippen LogP contribution in [0.4, 0.5) is 11.4 Å². The van der Waals surface area contributed by atoms with Gasteiger partial charge in [0.2, 0.25) is 5.62 Å². The molecule has 0 unspecified atom stereocenters. The van der Waals surface area contributed by atoms with Gasteiger partial charge in [-0.25, -0.2) is 0 Å². The zero-order chi connectivity index (χ0) is 17.1. The molecule has 3 rings (SSSR count). The third-order valence-corrected chi connectivity index (χ3v) is 3.46. The van der Waals surface area contributed by atoms with E-state index in [1.165, 1.54) is 4.79 Å². The van der Waals surface area contributed by atoms with Gasteiger partial charge in [0, 0.05) is 38.2 Å². The minimum Gasteiger partial charge on any atom is -0.319 e. The number of benzene rings is 1. The molecule has 0 saturated carbocycles. The largest absolute Gasteiger partial charge is 0.319 e. The van der Waals surface area contributed by atoms with E-state index in [1.54, 1.807) is 4.68 Å². The van der Waals surface area contributed by atoms with E-state index >= 15 is 0 Å². The Morgan fingerprint density at radius 1 is 1.08 bits per heavy atom. The smallest absolute Gasteiger partial charge is 0.226 e. The van der Waals surface area contributed by atoms with Gasteiger partial charge in [-0.1, -0.05) is 0 Å². The summed E-state index contributed by atoms with van der Waals surface area (Å²) in [5, 5.41) is 16.8. The number of aryl methyl sites for hydroxylation is 4. The van der Waals surface area contributed by atoms with Crippen LogP contribution in [0.5, 0.6) is 0 Å².